The molecule has 1 aromatic heterocycles. The van der Waals surface area contributed by atoms with Gasteiger partial charge in [-0.25, -0.2) is 4.98 Å². The number of methoxy groups -OCH3 is 2. The molecule has 0 atom stereocenters. The van der Waals surface area contributed by atoms with E-state index in [1.807, 2.05) is 49.5 Å². The number of likely N-dealkylation sites (N-methyl/N-ethyl adjacent to an activating group) is 1. The average Bonchev–Trinajstić information content (AvgIpc) is 3.12. The highest BCUT2D eigenvalue weighted by atomic mass is 16.5. The van der Waals surface area contributed by atoms with Crippen LogP contribution >= 0.6 is 0 Å². The summed E-state index contributed by atoms with van der Waals surface area (Å²) in [6, 6.07) is 13.7. The summed E-state index contributed by atoms with van der Waals surface area (Å²) >= 11 is 0. The van der Waals surface area contributed by atoms with Crippen LogP contribution in [0, 0.1) is 0 Å². The lowest BCUT2D eigenvalue weighted by molar-refractivity contribution is -0.129. The summed E-state index contributed by atoms with van der Waals surface area (Å²) in [5.41, 5.74) is 3.04. The first kappa shape index (κ1) is 18.8. The van der Waals surface area contributed by atoms with Gasteiger partial charge in [-0.1, -0.05) is 18.2 Å². The third-order valence-electron chi connectivity index (χ3n) is 4.62. The number of carbonyl (C=O) groups is 1. The molecule has 0 aliphatic carbocycles. The Balaban J connectivity index is 1.51. The maximum Gasteiger partial charge on any atom is 0.222 e. The summed E-state index contributed by atoms with van der Waals surface area (Å²) in [4.78, 5) is 22.0. The number of carbonyl (C=O) groups excluding carboxylic acids is 1. The van der Waals surface area contributed by atoms with Crippen LogP contribution in [-0.2, 0) is 17.6 Å². The molecular weight excluding hydrogens is 342 g/mol. The van der Waals surface area contributed by atoms with E-state index in [4.69, 9.17) is 9.47 Å². The van der Waals surface area contributed by atoms with Crippen LogP contribution in [0.1, 0.15) is 17.8 Å². The van der Waals surface area contributed by atoms with Crippen molar-refractivity contribution >= 4 is 16.9 Å². The molecule has 2 aromatic carbocycles. The lowest BCUT2D eigenvalue weighted by Crippen LogP contribution is -2.29. The minimum atomic E-state index is 0.107. The van der Waals surface area contributed by atoms with E-state index in [0.29, 0.717) is 30.9 Å². The first-order chi connectivity index (χ1) is 13.1. The van der Waals surface area contributed by atoms with Gasteiger partial charge in [0, 0.05) is 26.4 Å². The summed E-state index contributed by atoms with van der Waals surface area (Å²) in [7, 11) is 5.07. The van der Waals surface area contributed by atoms with E-state index in [0.717, 1.165) is 28.8 Å². The fraction of sp³-hybridized carbons (Fsp3) is 0.333. The smallest absolute Gasteiger partial charge is 0.222 e. The molecule has 3 aromatic rings. The molecule has 0 aliphatic rings. The Morgan fingerprint density at radius 1 is 1.07 bits per heavy atom. The monoisotopic (exact) mass is 367 g/mol. The fourth-order valence-corrected chi connectivity index (χ4v) is 3.00. The highest BCUT2D eigenvalue weighted by molar-refractivity contribution is 5.77. The van der Waals surface area contributed by atoms with Crippen LogP contribution < -0.4 is 9.47 Å². The number of imidazole rings is 1. The average molecular weight is 367 g/mol. The van der Waals surface area contributed by atoms with Crippen LogP contribution in [0.3, 0.4) is 0 Å². The van der Waals surface area contributed by atoms with Gasteiger partial charge in [0.05, 0.1) is 25.3 Å². The topological polar surface area (TPSA) is 67.5 Å². The standard InChI is InChI=1S/C21H25N3O3/c1-24(13-12-15-8-9-18(26-2)19(14-15)27-3)21(25)11-10-20-22-16-6-4-5-7-17(16)23-20/h4-9,14H,10-13H2,1-3H3,(H,22,23). The maximum atomic E-state index is 12.4. The van der Waals surface area contributed by atoms with Crippen molar-refractivity contribution in [1.82, 2.24) is 14.9 Å². The van der Waals surface area contributed by atoms with E-state index in [1.165, 1.54) is 0 Å². The molecule has 0 bridgehead atoms. The number of benzene rings is 2. The largest absolute Gasteiger partial charge is 0.493 e. The van der Waals surface area contributed by atoms with Crippen molar-refractivity contribution < 1.29 is 14.3 Å². The number of aromatic nitrogens is 2. The molecule has 0 unspecified atom stereocenters. The second-order valence-corrected chi connectivity index (χ2v) is 6.46. The van der Waals surface area contributed by atoms with Gasteiger partial charge in [0.25, 0.3) is 0 Å². The third kappa shape index (κ3) is 4.58. The van der Waals surface area contributed by atoms with E-state index in [-0.39, 0.29) is 5.91 Å². The zero-order valence-corrected chi connectivity index (χ0v) is 16.0. The minimum absolute atomic E-state index is 0.107. The van der Waals surface area contributed by atoms with Gasteiger partial charge in [-0.15, -0.1) is 0 Å². The Labute approximate surface area is 159 Å². The highest BCUT2D eigenvalue weighted by Crippen LogP contribution is 2.27. The van der Waals surface area contributed by atoms with E-state index in [1.54, 1.807) is 19.1 Å². The first-order valence-corrected chi connectivity index (χ1v) is 8.99. The Kier molecular flexibility index (Phi) is 5.96. The van der Waals surface area contributed by atoms with Gasteiger partial charge in [0.1, 0.15) is 5.82 Å². The number of rotatable bonds is 8. The molecule has 0 fully saturated rings. The first-order valence-electron chi connectivity index (χ1n) is 8.99. The number of ether oxygens (including phenoxy) is 2. The Morgan fingerprint density at radius 3 is 2.59 bits per heavy atom. The second kappa shape index (κ2) is 8.58. The van der Waals surface area contributed by atoms with Crippen molar-refractivity contribution in [2.75, 3.05) is 27.8 Å². The Bertz CT molecular complexity index is 887. The second-order valence-electron chi connectivity index (χ2n) is 6.46. The van der Waals surface area contributed by atoms with Crippen LogP contribution in [-0.4, -0.2) is 48.6 Å². The fourth-order valence-electron chi connectivity index (χ4n) is 3.00. The number of hydrogen-bond donors (Lipinski definition) is 1. The number of nitrogens with one attached hydrogen (secondary N) is 1. The molecule has 6 nitrogen and oxygen atoms in total. The molecule has 0 aliphatic heterocycles. The summed E-state index contributed by atoms with van der Waals surface area (Å²) in [5, 5.41) is 0. The minimum Gasteiger partial charge on any atom is -0.493 e. The van der Waals surface area contributed by atoms with Gasteiger partial charge in [0.2, 0.25) is 5.91 Å². The van der Waals surface area contributed by atoms with Gasteiger partial charge in [0.15, 0.2) is 11.5 Å². The van der Waals surface area contributed by atoms with Crippen molar-refractivity contribution in [2.24, 2.45) is 0 Å². The number of H-pyrrole nitrogens is 1. The molecule has 1 heterocycles. The number of nitrogens with zero attached hydrogens (tertiary/aromatic N) is 2. The third-order valence-corrected chi connectivity index (χ3v) is 4.62. The maximum absolute atomic E-state index is 12.4. The Hall–Kier alpha value is -3.02. The van der Waals surface area contributed by atoms with E-state index >= 15 is 0 Å². The molecule has 6 heteroatoms. The van der Waals surface area contributed by atoms with E-state index < -0.39 is 0 Å². The van der Waals surface area contributed by atoms with Crippen molar-refractivity contribution in [1.29, 1.82) is 0 Å². The van der Waals surface area contributed by atoms with Crippen molar-refractivity contribution in [3.05, 3.63) is 53.9 Å². The molecule has 3 rings (SSSR count). The number of para-hydroxylation sites is 2. The summed E-state index contributed by atoms with van der Waals surface area (Å²) in [6.45, 7) is 0.647. The molecule has 0 saturated carbocycles. The van der Waals surface area contributed by atoms with Crippen molar-refractivity contribution in [2.45, 2.75) is 19.3 Å². The van der Waals surface area contributed by atoms with E-state index in [2.05, 4.69) is 9.97 Å². The van der Waals surface area contributed by atoms with Gasteiger partial charge >= 0.3 is 0 Å². The molecule has 27 heavy (non-hydrogen) atoms. The van der Waals surface area contributed by atoms with Gasteiger partial charge in [-0.05, 0) is 36.2 Å². The number of fused-ring (bicyclic) bond motifs is 1. The number of amides is 1. The molecule has 142 valence electrons. The predicted octanol–water partition coefficient (Wildman–Crippen LogP) is 3.21. The van der Waals surface area contributed by atoms with Gasteiger partial charge in [-0.3, -0.25) is 4.79 Å². The van der Waals surface area contributed by atoms with Crippen LogP contribution in [0.2, 0.25) is 0 Å². The van der Waals surface area contributed by atoms with Crippen LogP contribution in [0.25, 0.3) is 11.0 Å². The molecule has 1 N–H and O–H groups in total. The van der Waals surface area contributed by atoms with E-state index in [9.17, 15) is 4.79 Å². The molecule has 0 saturated heterocycles. The number of aromatic amines is 1. The Morgan fingerprint density at radius 2 is 1.85 bits per heavy atom. The number of aryl methyl sites for hydroxylation is 1. The summed E-state index contributed by atoms with van der Waals surface area (Å²) in [6.07, 6.45) is 1.80. The van der Waals surface area contributed by atoms with Gasteiger partial charge < -0.3 is 19.4 Å². The number of hydrogen-bond acceptors (Lipinski definition) is 4. The van der Waals surface area contributed by atoms with Crippen molar-refractivity contribution in [3.8, 4) is 11.5 Å². The molecule has 1 amide bonds. The summed E-state index contributed by atoms with van der Waals surface area (Å²) < 4.78 is 10.6. The zero-order valence-electron chi connectivity index (χ0n) is 16.0. The summed E-state index contributed by atoms with van der Waals surface area (Å²) in [5.74, 6) is 2.36. The SMILES string of the molecule is COc1ccc(CCN(C)C(=O)CCc2nc3ccccc3[nH]2)cc1OC. The lowest BCUT2D eigenvalue weighted by atomic mass is 10.1. The highest BCUT2D eigenvalue weighted by Gasteiger charge is 2.12. The molecule has 0 radical (unpaired) electrons. The predicted molar refractivity (Wildman–Crippen MR) is 105 cm³/mol. The van der Waals surface area contributed by atoms with Crippen LogP contribution in [0.5, 0.6) is 11.5 Å². The van der Waals surface area contributed by atoms with Crippen LogP contribution in [0.15, 0.2) is 42.5 Å². The lowest BCUT2D eigenvalue weighted by Gasteiger charge is -2.17. The quantitative estimate of drug-likeness (QED) is 0.664. The molecule has 0 spiro atoms. The van der Waals surface area contributed by atoms with Gasteiger partial charge in [-0.2, -0.15) is 0 Å². The van der Waals surface area contributed by atoms with Crippen molar-refractivity contribution in [3.63, 3.8) is 0 Å². The van der Waals surface area contributed by atoms with Crippen LogP contribution in [0.4, 0.5) is 0 Å². The normalized spacial score (nSPS) is 10.8. The zero-order chi connectivity index (χ0) is 19.2. The molecular formula is C21H25N3O3.